The van der Waals surface area contributed by atoms with Crippen LogP contribution in [0, 0.1) is 0 Å². The second-order valence-electron chi connectivity index (χ2n) is 6.90. The molecule has 1 aliphatic rings. The molecule has 4 rings (SSSR count). The van der Waals surface area contributed by atoms with Crippen LogP contribution in [0.4, 0.5) is 5.69 Å². The van der Waals surface area contributed by atoms with Crippen molar-refractivity contribution in [3.05, 3.63) is 100 Å². The number of amides is 1. The van der Waals surface area contributed by atoms with Gasteiger partial charge in [-0.2, -0.15) is 0 Å². The molecule has 0 saturated carbocycles. The lowest BCUT2D eigenvalue weighted by Gasteiger charge is -2.14. The van der Waals surface area contributed by atoms with Crippen LogP contribution in [0.25, 0.3) is 6.08 Å². The topological polar surface area (TPSA) is 55.8 Å². The molecule has 7 heteroatoms. The molecule has 1 fully saturated rings. The zero-order valence-electron chi connectivity index (χ0n) is 17.2. The first-order chi connectivity index (χ1) is 15.5. The van der Waals surface area contributed by atoms with E-state index < -0.39 is 5.97 Å². The van der Waals surface area contributed by atoms with E-state index in [1.807, 2.05) is 54.6 Å². The fourth-order valence-electron chi connectivity index (χ4n) is 3.14. The Morgan fingerprint density at radius 3 is 2.50 bits per heavy atom. The lowest BCUT2D eigenvalue weighted by atomic mass is 10.2. The Hall–Kier alpha value is -3.42. The summed E-state index contributed by atoms with van der Waals surface area (Å²) in [6.45, 7) is 0.466. The van der Waals surface area contributed by atoms with E-state index in [0.717, 1.165) is 16.9 Å². The van der Waals surface area contributed by atoms with Crippen molar-refractivity contribution in [3.8, 4) is 5.75 Å². The van der Waals surface area contributed by atoms with Gasteiger partial charge in [0, 0.05) is 0 Å². The number of benzene rings is 3. The highest BCUT2D eigenvalue weighted by atomic mass is 32.2. The molecule has 1 heterocycles. The number of carbonyl (C=O) groups excluding carboxylic acids is 2. The molecule has 3 aromatic carbocycles. The Morgan fingerprint density at radius 2 is 1.78 bits per heavy atom. The number of rotatable bonds is 6. The summed E-state index contributed by atoms with van der Waals surface area (Å²) < 4.78 is 11.0. The number of hydrogen-bond acceptors (Lipinski definition) is 6. The summed E-state index contributed by atoms with van der Waals surface area (Å²) in [4.78, 5) is 26.6. The van der Waals surface area contributed by atoms with Crippen molar-refractivity contribution >= 4 is 51.9 Å². The smallest absolute Gasteiger partial charge is 0.337 e. The maximum absolute atomic E-state index is 13.0. The van der Waals surface area contributed by atoms with Crippen LogP contribution in [0.2, 0.25) is 0 Å². The maximum Gasteiger partial charge on any atom is 0.337 e. The number of anilines is 1. The third-order valence-electron chi connectivity index (χ3n) is 4.74. The highest BCUT2D eigenvalue weighted by Gasteiger charge is 2.33. The maximum atomic E-state index is 13.0. The fraction of sp³-hybridized carbons (Fsp3) is 0.0800. The van der Waals surface area contributed by atoms with Gasteiger partial charge in [-0.25, -0.2) is 4.79 Å². The molecule has 0 bridgehead atoms. The Kier molecular flexibility index (Phi) is 6.68. The van der Waals surface area contributed by atoms with Crippen molar-refractivity contribution in [3.63, 3.8) is 0 Å². The largest absolute Gasteiger partial charge is 0.489 e. The van der Waals surface area contributed by atoms with Gasteiger partial charge in [-0.05, 0) is 53.6 Å². The van der Waals surface area contributed by atoms with Crippen molar-refractivity contribution in [1.82, 2.24) is 0 Å². The van der Waals surface area contributed by atoms with E-state index in [0.29, 0.717) is 27.1 Å². The number of nitrogens with zero attached hydrogens (tertiary/aromatic N) is 1. The van der Waals surface area contributed by atoms with E-state index >= 15 is 0 Å². The molecular weight excluding hydrogens is 442 g/mol. The fourth-order valence-corrected chi connectivity index (χ4v) is 4.44. The monoisotopic (exact) mass is 461 g/mol. The third kappa shape index (κ3) is 4.90. The van der Waals surface area contributed by atoms with Gasteiger partial charge in [0.1, 0.15) is 12.4 Å². The van der Waals surface area contributed by atoms with E-state index in [1.165, 1.54) is 23.8 Å². The van der Waals surface area contributed by atoms with Crippen LogP contribution in [-0.4, -0.2) is 23.3 Å². The van der Waals surface area contributed by atoms with Crippen LogP contribution in [0.15, 0.2) is 83.8 Å². The zero-order valence-corrected chi connectivity index (χ0v) is 18.8. The van der Waals surface area contributed by atoms with Crippen molar-refractivity contribution in [2.45, 2.75) is 6.61 Å². The molecule has 0 spiro atoms. The van der Waals surface area contributed by atoms with Gasteiger partial charge in [0.15, 0.2) is 4.32 Å². The lowest BCUT2D eigenvalue weighted by molar-refractivity contribution is -0.113. The second-order valence-corrected chi connectivity index (χ2v) is 8.58. The summed E-state index contributed by atoms with van der Waals surface area (Å²) in [5, 5.41) is 0. The van der Waals surface area contributed by atoms with Gasteiger partial charge in [-0.15, -0.1) is 0 Å². The first kappa shape index (κ1) is 21.8. The molecule has 1 amide bonds. The van der Waals surface area contributed by atoms with Crippen LogP contribution in [0.1, 0.15) is 21.5 Å². The summed E-state index contributed by atoms with van der Waals surface area (Å²) in [6.07, 6.45) is 1.80. The van der Waals surface area contributed by atoms with E-state index in [1.54, 1.807) is 30.3 Å². The Balaban J connectivity index is 1.49. The van der Waals surface area contributed by atoms with Crippen LogP contribution >= 0.6 is 24.0 Å². The Morgan fingerprint density at radius 1 is 1.03 bits per heavy atom. The summed E-state index contributed by atoms with van der Waals surface area (Å²) in [5.74, 6) is 0.0779. The van der Waals surface area contributed by atoms with Gasteiger partial charge in [0.05, 0.1) is 23.3 Å². The lowest BCUT2D eigenvalue weighted by Crippen LogP contribution is -2.27. The van der Waals surface area contributed by atoms with Crippen LogP contribution in [0.5, 0.6) is 5.75 Å². The molecule has 0 radical (unpaired) electrons. The highest BCUT2D eigenvalue weighted by molar-refractivity contribution is 8.27. The molecule has 1 aliphatic heterocycles. The minimum Gasteiger partial charge on any atom is -0.489 e. The Bertz CT molecular complexity index is 1190. The molecule has 0 unspecified atom stereocenters. The van der Waals surface area contributed by atoms with Crippen molar-refractivity contribution in [2.75, 3.05) is 12.0 Å². The zero-order chi connectivity index (χ0) is 22.5. The van der Waals surface area contributed by atoms with E-state index in [-0.39, 0.29) is 5.91 Å². The average molecular weight is 462 g/mol. The second kappa shape index (κ2) is 9.80. The molecule has 5 nitrogen and oxygen atoms in total. The summed E-state index contributed by atoms with van der Waals surface area (Å²) >= 11 is 6.67. The van der Waals surface area contributed by atoms with Gasteiger partial charge in [0.2, 0.25) is 0 Å². The molecular formula is C25H19NO4S2. The summed E-state index contributed by atoms with van der Waals surface area (Å²) in [6, 6.07) is 24.1. The normalized spacial score (nSPS) is 14.7. The standard InChI is InChI=1S/C25H19NO4S2/c1-29-24(28)19-10-12-20(13-11-19)26-23(27)22(32-25(26)31)15-18-8-5-9-21(14-18)30-16-17-6-3-2-4-7-17/h2-15H,16H2,1H3/b22-15-. The summed E-state index contributed by atoms with van der Waals surface area (Å²) in [7, 11) is 1.32. The van der Waals surface area contributed by atoms with Crippen LogP contribution in [-0.2, 0) is 16.1 Å². The van der Waals surface area contributed by atoms with Crippen molar-refractivity contribution in [2.24, 2.45) is 0 Å². The summed E-state index contributed by atoms with van der Waals surface area (Å²) in [5.41, 5.74) is 2.93. The van der Waals surface area contributed by atoms with Crippen molar-refractivity contribution < 1.29 is 19.1 Å². The molecule has 32 heavy (non-hydrogen) atoms. The number of thiocarbonyl (C=S) groups is 1. The number of thioether (sulfide) groups is 1. The molecule has 3 aromatic rings. The average Bonchev–Trinajstić information content (AvgIpc) is 3.10. The molecule has 0 atom stereocenters. The number of esters is 1. The van der Waals surface area contributed by atoms with Gasteiger partial charge < -0.3 is 9.47 Å². The minimum atomic E-state index is -0.434. The van der Waals surface area contributed by atoms with Gasteiger partial charge in [-0.3, -0.25) is 9.69 Å². The predicted molar refractivity (Wildman–Crippen MR) is 131 cm³/mol. The predicted octanol–water partition coefficient (Wildman–Crippen LogP) is 5.46. The quantitative estimate of drug-likeness (QED) is 0.276. The number of methoxy groups -OCH3 is 1. The molecule has 1 saturated heterocycles. The van der Waals surface area contributed by atoms with Gasteiger partial charge in [-0.1, -0.05) is 66.4 Å². The first-order valence-electron chi connectivity index (χ1n) is 9.78. The van der Waals surface area contributed by atoms with E-state index in [2.05, 4.69) is 0 Å². The molecule has 0 aromatic heterocycles. The van der Waals surface area contributed by atoms with E-state index in [4.69, 9.17) is 21.7 Å². The number of ether oxygens (including phenoxy) is 2. The Labute approximate surface area is 195 Å². The molecule has 160 valence electrons. The highest BCUT2D eigenvalue weighted by Crippen LogP contribution is 2.36. The third-order valence-corrected chi connectivity index (χ3v) is 6.05. The van der Waals surface area contributed by atoms with Crippen LogP contribution in [0.3, 0.4) is 0 Å². The van der Waals surface area contributed by atoms with E-state index in [9.17, 15) is 9.59 Å². The number of hydrogen-bond donors (Lipinski definition) is 0. The van der Waals surface area contributed by atoms with Crippen LogP contribution < -0.4 is 9.64 Å². The molecule has 0 N–H and O–H groups in total. The van der Waals surface area contributed by atoms with Crippen molar-refractivity contribution in [1.29, 1.82) is 0 Å². The number of carbonyl (C=O) groups is 2. The SMILES string of the molecule is COC(=O)c1ccc(N2C(=O)/C(=C/c3cccc(OCc4ccccc4)c3)SC2=S)cc1. The van der Waals surface area contributed by atoms with Gasteiger partial charge in [0.25, 0.3) is 5.91 Å². The van der Waals surface area contributed by atoms with Gasteiger partial charge >= 0.3 is 5.97 Å². The minimum absolute atomic E-state index is 0.207. The molecule has 0 aliphatic carbocycles. The first-order valence-corrected chi connectivity index (χ1v) is 11.0.